The zero-order valence-electron chi connectivity index (χ0n) is 14.3. The van der Waals surface area contributed by atoms with E-state index in [9.17, 15) is 13.2 Å². The summed E-state index contributed by atoms with van der Waals surface area (Å²) in [5.41, 5.74) is 0.454. The van der Waals surface area contributed by atoms with Crippen LogP contribution in [0.15, 0.2) is 47.5 Å². The molecule has 0 spiro atoms. The highest BCUT2D eigenvalue weighted by molar-refractivity contribution is 7.92. The summed E-state index contributed by atoms with van der Waals surface area (Å²) in [6.45, 7) is 4.99. The minimum Gasteiger partial charge on any atom is -0.339 e. The Morgan fingerprint density at radius 1 is 1.08 bits per heavy atom. The van der Waals surface area contributed by atoms with Gasteiger partial charge in [-0.25, -0.2) is 13.4 Å². The van der Waals surface area contributed by atoms with Gasteiger partial charge in [-0.15, -0.1) is 0 Å². The average Bonchev–Trinajstić information content (AvgIpc) is 2.62. The van der Waals surface area contributed by atoms with Gasteiger partial charge in [0.1, 0.15) is 5.82 Å². The minimum atomic E-state index is -3.78. The van der Waals surface area contributed by atoms with E-state index in [0.29, 0.717) is 23.7 Å². The van der Waals surface area contributed by atoms with Crippen molar-refractivity contribution in [3.05, 3.63) is 53.2 Å². The van der Waals surface area contributed by atoms with Gasteiger partial charge in [-0.05, 0) is 50.2 Å². The Balaban J connectivity index is 2.28. The van der Waals surface area contributed by atoms with E-state index in [2.05, 4.69) is 4.98 Å². The number of sulfonamides is 1. The number of aromatic nitrogens is 1. The molecule has 0 aliphatic rings. The van der Waals surface area contributed by atoms with Gasteiger partial charge in [-0.3, -0.25) is 9.10 Å². The van der Waals surface area contributed by atoms with Gasteiger partial charge in [-0.2, -0.15) is 0 Å². The smallest absolute Gasteiger partial charge is 0.265 e. The zero-order chi connectivity index (χ0) is 18.6. The molecular formula is C17H20ClN3O3S. The first-order valence-corrected chi connectivity index (χ1v) is 9.62. The summed E-state index contributed by atoms with van der Waals surface area (Å²) in [5, 5.41) is 0.425. The number of hydrogen-bond acceptors (Lipinski definition) is 4. The standard InChI is InChI=1S/C17H20ClN3O3S/c1-4-21(5-2)17(22)13-6-9-15(10-7-13)25(23,24)20(3)16-11-8-14(18)12-19-16/h6-12H,4-5H2,1-3H3. The van der Waals surface area contributed by atoms with Gasteiger partial charge in [0.15, 0.2) is 0 Å². The summed E-state index contributed by atoms with van der Waals surface area (Å²) in [6, 6.07) is 9.00. The van der Waals surface area contributed by atoms with E-state index in [4.69, 9.17) is 11.6 Å². The number of rotatable bonds is 6. The number of hydrogen-bond donors (Lipinski definition) is 0. The fourth-order valence-corrected chi connectivity index (χ4v) is 3.56. The predicted molar refractivity (Wildman–Crippen MR) is 98.5 cm³/mol. The number of nitrogens with zero attached hydrogens (tertiary/aromatic N) is 3. The fourth-order valence-electron chi connectivity index (χ4n) is 2.30. The van der Waals surface area contributed by atoms with Crippen LogP contribution in [0.2, 0.25) is 5.02 Å². The predicted octanol–water partition coefficient (Wildman–Crippen LogP) is 3.04. The van der Waals surface area contributed by atoms with Crippen LogP contribution in [0.5, 0.6) is 0 Å². The first-order valence-electron chi connectivity index (χ1n) is 7.81. The Kier molecular flexibility index (Phi) is 6.02. The summed E-state index contributed by atoms with van der Waals surface area (Å²) in [7, 11) is -2.36. The van der Waals surface area contributed by atoms with Gasteiger partial charge in [0.05, 0.1) is 9.92 Å². The molecule has 0 aliphatic carbocycles. The molecule has 134 valence electrons. The molecule has 1 amide bonds. The van der Waals surface area contributed by atoms with Crippen molar-refractivity contribution in [2.24, 2.45) is 0 Å². The molecule has 0 atom stereocenters. The third-order valence-electron chi connectivity index (χ3n) is 3.84. The van der Waals surface area contributed by atoms with Gasteiger partial charge in [-0.1, -0.05) is 11.6 Å². The van der Waals surface area contributed by atoms with Crippen molar-refractivity contribution < 1.29 is 13.2 Å². The second-order valence-corrected chi connectivity index (χ2v) is 7.71. The SMILES string of the molecule is CCN(CC)C(=O)c1ccc(S(=O)(=O)N(C)c2ccc(Cl)cn2)cc1. The molecular weight excluding hydrogens is 362 g/mol. The molecule has 6 nitrogen and oxygen atoms in total. The Labute approximate surface area is 153 Å². The number of benzene rings is 1. The van der Waals surface area contributed by atoms with Crippen LogP contribution >= 0.6 is 11.6 Å². The molecule has 0 saturated heterocycles. The molecule has 25 heavy (non-hydrogen) atoms. The van der Waals surface area contributed by atoms with Crippen LogP contribution in [0.25, 0.3) is 0 Å². The molecule has 0 bridgehead atoms. The van der Waals surface area contributed by atoms with Crippen molar-refractivity contribution >= 4 is 33.3 Å². The number of pyridine rings is 1. The van der Waals surface area contributed by atoms with Crippen molar-refractivity contribution in [1.82, 2.24) is 9.88 Å². The topological polar surface area (TPSA) is 70.6 Å². The Hall–Kier alpha value is -2.12. The maximum Gasteiger partial charge on any atom is 0.265 e. The molecule has 1 heterocycles. The lowest BCUT2D eigenvalue weighted by molar-refractivity contribution is 0.0773. The van der Waals surface area contributed by atoms with Crippen molar-refractivity contribution in [3.63, 3.8) is 0 Å². The Bertz CT molecular complexity index is 832. The van der Waals surface area contributed by atoms with E-state index in [1.165, 1.54) is 43.6 Å². The largest absolute Gasteiger partial charge is 0.339 e. The second kappa shape index (κ2) is 7.84. The van der Waals surface area contributed by atoms with E-state index in [-0.39, 0.29) is 16.6 Å². The number of anilines is 1. The van der Waals surface area contributed by atoms with Gasteiger partial charge in [0.25, 0.3) is 15.9 Å². The van der Waals surface area contributed by atoms with Crippen LogP contribution in [-0.2, 0) is 10.0 Å². The zero-order valence-corrected chi connectivity index (χ0v) is 15.9. The van der Waals surface area contributed by atoms with Gasteiger partial charge >= 0.3 is 0 Å². The summed E-state index contributed by atoms with van der Waals surface area (Å²) < 4.78 is 26.5. The molecule has 0 fully saturated rings. The van der Waals surface area contributed by atoms with E-state index in [1.807, 2.05) is 13.8 Å². The first kappa shape index (κ1) is 19.2. The summed E-state index contributed by atoms with van der Waals surface area (Å²) in [5.74, 6) is 0.134. The lowest BCUT2D eigenvalue weighted by atomic mass is 10.2. The third-order valence-corrected chi connectivity index (χ3v) is 5.84. The van der Waals surface area contributed by atoms with Crippen LogP contribution in [0.1, 0.15) is 24.2 Å². The quantitative estimate of drug-likeness (QED) is 0.771. The summed E-state index contributed by atoms with van der Waals surface area (Å²) >= 11 is 5.78. The molecule has 1 aromatic heterocycles. The molecule has 8 heteroatoms. The third kappa shape index (κ3) is 4.11. The fraction of sp³-hybridized carbons (Fsp3) is 0.294. The maximum atomic E-state index is 12.7. The molecule has 0 unspecified atom stereocenters. The number of amides is 1. The molecule has 2 rings (SSSR count). The Morgan fingerprint density at radius 3 is 2.16 bits per heavy atom. The van der Waals surface area contributed by atoms with Crippen molar-refractivity contribution in [2.45, 2.75) is 18.7 Å². The highest BCUT2D eigenvalue weighted by Gasteiger charge is 2.23. The molecule has 0 N–H and O–H groups in total. The van der Waals surface area contributed by atoms with Gasteiger partial charge in [0.2, 0.25) is 0 Å². The average molecular weight is 382 g/mol. The van der Waals surface area contributed by atoms with E-state index in [0.717, 1.165) is 4.31 Å². The van der Waals surface area contributed by atoms with Crippen molar-refractivity contribution in [3.8, 4) is 0 Å². The molecule has 0 saturated carbocycles. The summed E-state index contributed by atoms with van der Waals surface area (Å²) in [6.07, 6.45) is 1.38. The normalized spacial score (nSPS) is 11.2. The van der Waals surface area contributed by atoms with Crippen LogP contribution < -0.4 is 4.31 Å². The molecule has 2 aromatic rings. The summed E-state index contributed by atoms with van der Waals surface area (Å²) in [4.78, 5) is 18.1. The van der Waals surface area contributed by atoms with Crippen molar-refractivity contribution in [2.75, 3.05) is 24.4 Å². The van der Waals surface area contributed by atoms with Crippen LogP contribution in [0.3, 0.4) is 0 Å². The second-order valence-electron chi connectivity index (χ2n) is 5.31. The van der Waals surface area contributed by atoms with Crippen LogP contribution in [0.4, 0.5) is 5.82 Å². The lowest BCUT2D eigenvalue weighted by Crippen LogP contribution is -2.30. The number of carbonyl (C=O) groups excluding carboxylic acids is 1. The number of halogens is 1. The molecule has 0 aliphatic heterocycles. The van der Waals surface area contributed by atoms with Crippen LogP contribution in [-0.4, -0.2) is 44.3 Å². The monoisotopic (exact) mass is 381 g/mol. The minimum absolute atomic E-state index is 0.0860. The highest BCUT2D eigenvalue weighted by atomic mass is 35.5. The Morgan fingerprint density at radius 2 is 1.68 bits per heavy atom. The van der Waals surface area contributed by atoms with Gasteiger partial charge < -0.3 is 4.90 Å². The lowest BCUT2D eigenvalue weighted by Gasteiger charge is -2.20. The van der Waals surface area contributed by atoms with Crippen molar-refractivity contribution in [1.29, 1.82) is 0 Å². The van der Waals surface area contributed by atoms with E-state index >= 15 is 0 Å². The number of carbonyl (C=O) groups is 1. The van der Waals surface area contributed by atoms with Crippen LogP contribution in [0, 0.1) is 0 Å². The molecule has 1 aromatic carbocycles. The molecule has 0 radical (unpaired) electrons. The highest BCUT2D eigenvalue weighted by Crippen LogP contribution is 2.22. The van der Waals surface area contributed by atoms with E-state index in [1.54, 1.807) is 11.0 Å². The maximum absolute atomic E-state index is 12.7. The van der Waals surface area contributed by atoms with E-state index < -0.39 is 10.0 Å². The first-order chi connectivity index (χ1) is 11.8. The van der Waals surface area contributed by atoms with Gasteiger partial charge in [0, 0.05) is 31.9 Å².